The van der Waals surface area contributed by atoms with Crippen molar-refractivity contribution >= 4 is 5.96 Å². The topological polar surface area (TPSA) is 67.8 Å². The average molecular weight is 374 g/mol. The number of aliphatic imine (C=N–C) groups is 1. The van der Waals surface area contributed by atoms with Crippen LogP contribution in [0, 0.1) is 5.82 Å². The largest absolute Gasteiger partial charge is 0.490 e. The molecule has 146 valence electrons. The molecule has 2 aromatic rings. The van der Waals surface area contributed by atoms with E-state index in [1.165, 1.54) is 6.07 Å². The van der Waals surface area contributed by atoms with Crippen LogP contribution in [0.2, 0.25) is 0 Å². The van der Waals surface area contributed by atoms with E-state index in [2.05, 4.69) is 20.6 Å². The number of hydrogen-bond donors (Lipinski definition) is 2. The third-order valence-corrected chi connectivity index (χ3v) is 3.80. The van der Waals surface area contributed by atoms with Crippen molar-refractivity contribution < 1.29 is 13.9 Å². The molecule has 1 aromatic carbocycles. The number of aromatic nitrogens is 1. The zero-order chi connectivity index (χ0) is 19.5. The fraction of sp³-hybridized carbons (Fsp3) is 0.400. The Bertz CT molecular complexity index is 753. The molecule has 1 heterocycles. The van der Waals surface area contributed by atoms with Gasteiger partial charge in [0.1, 0.15) is 5.82 Å². The third-order valence-electron chi connectivity index (χ3n) is 3.80. The van der Waals surface area contributed by atoms with Gasteiger partial charge in [-0.05, 0) is 50.1 Å². The molecule has 2 rings (SSSR count). The lowest BCUT2D eigenvalue weighted by atomic mass is 10.1. The van der Waals surface area contributed by atoms with Gasteiger partial charge in [0.05, 0.1) is 25.5 Å². The Morgan fingerprint density at radius 3 is 2.59 bits per heavy atom. The van der Waals surface area contributed by atoms with Crippen LogP contribution in [0.3, 0.4) is 0 Å². The molecule has 0 saturated carbocycles. The van der Waals surface area contributed by atoms with Crippen molar-refractivity contribution in [1.82, 2.24) is 15.6 Å². The quantitative estimate of drug-likeness (QED) is 0.522. The summed E-state index contributed by atoms with van der Waals surface area (Å²) in [5, 5.41) is 6.28. The second-order valence-electron chi connectivity index (χ2n) is 5.68. The van der Waals surface area contributed by atoms with Crippen LogP contribution in [-0.4, -0.2) is 37.7 Å². The molecule has 7 heteroatoms. The highest BCUT2D eigenvalue weighted by atomic mass is 19.1. The van der Waals surface area contributed by atoms with Gasteiger partial charge in [0, 0.05) is 19.8 Å². The van der Waals surface area contributed by atoms with E-state index in [1.54, 1.807) is 19.3 Å². The number of guanidine groups is 1. The van der Waals surface area contributed by atoms with Gasteiger partial charge in [-0.2, -0.15) is 0 Å². The summed E-state index contributed by atoms with van der Waals surface area (Å²) >= 11 is 0. The van der Waals surface area contributed by atoms with Gasteiger partial charge in [-0.25, -0.2) is 4.39 Å². The molecule has 0 aliphatic rings. The van der Waals surface area contributed by atoms with Gasteiger partial charge in [-0.3, -0.25) is 9.98 Å². The summed E-state index contributed by atoms with van der Waals surface area (Å²) in [6.45, 7) is 6.02. The Morgan fingerprint density at radius 1 is 1.11 bits per heavy atom. The van der Waals surface area contributed by atoms with Crippen LogP contribution in [-0.2, 0) is 13.0 Å². The van der Waals surface area contributed by atoms with Crippen molar-refractivity contribution in [3.05, 3.63) is 53.6 Å². The second-order valence-corrected chi connectivity index (χ2v) is 5.68. The van der Waals surface area contributed by atoms with Crippen molar-refractivity contribution in [3.8, 4) is 11.5 Å². The van der Waals surface area contributed by atoms with Gasteiger partial charge in [-0.1, -0.05) is 6.07 Å². The van der Waals surface area contributed by atoms with Gasteiger partial charge in [0.25, 0.3) is 0 Å². The molecule has 0 atom stereocenters. The number of nitrogens with one attached hydrogen (secondary N) is 2. The van der Waals surface area contributed by atoms with E-state index in [0.717, 1.165) is 23.5 Å². The van der Waals surface area contributed by atoms with E-state index in [1.807, 2.05) is 32.0 Å². The molecule has 0 saturated heterocycles. The average Bonchev–Trinajstić information content (AvgIpc) is 2.68. The molecule has 0 spiro atoms. The molecule has 0 unspecified atom stereocenters. The lowest BCUT2D eigenvalue weighted by Gasteiger charge is -2.14. The predicted molar refractivity (Wildman–Crippen MR) is 105 cm³/mol. The molecule has 2 N–H and O–H groups in total. The van der Waals surface area contributed by atoms with Crippen LogP contribution in [0.4, 0.5) is 4.39 Å². The molecule has 1 aromatic heterocycles. The summed E-state index contributed by atoms with van der Waals surface area (Å²) in [6.07, 6.45) is 2.35. The van der Waals surface area contributed by atoms with Crippen LogP contribution in [0.15, 0.2) is 41.5 Å². The second kappa shape index (κ2) is 11.0. The van der Waals surface area contributed by atoms with Gasteiger partial charge in [0.2, 0.25) is 0 Å². The first-order valence-corrected chi connectivity index (χ1v) is 9.10. The lowest BCUT2D eigenvalue weighted by Crippen LogP contribution is -2.38. The molecule has 0 fully saturated rings. The Kier molecular flexibility index (Phi) is 8.35. The Labute approximate surface area is 159 Å². The SMILES string of the molecule is CCOc1ccc(CCNC(=NC)NCc2ncccc2F)cc1OCC. The fourth-order valence-electron chi connectivity index (χ4n) is 2.51. The standard InChI is InChI=1S/C20H27FN4O2/c1-4-26-18-9-8-15(13-19(18)27-5-2)10-12-24-20(22-3)25-14-17-16(21)7-6-11-23-17/h6-9,11,13H,4-5,10,12,14H2,1-3H3,(H2,22,24,25). The fourth-order valence-corrected chi connectivity index (χ4v) is 2.51. The van der Waals surface area contributed by atoms with E-state index >= 15 is 0 Å². The van der Waals surface area contributed by atoms with Gasteiger partial charge in [0.15, 0.2) is 17.5 Å². The highest BCUT2D eigenvalue weighted by Crippen LogP contribution is 2.28. The molecule has 0 aliphatic heterocycles. The Morgan fingerprint density at radius 2 is 1.89 bits per heavy atom. The highest BCUT2D eigenvalue weighted by molar-refractivity contribution is 5.79. The Balaban J connectivity index is 1.86. The van der Waals surface area contributed by atoms with Crippen LogP contribution >= 0.6 is 0 Å². The highest BCUT2D eigenvalue weighted by Gasteiger charge is 2.07. The summed E-state index contributed by atoms with van der Waals surface area (Å²) in [4.78, 5) is 8.17. The first kappa shape index (κ1) is 20.5. The summed E-state index contributed by atoms with van der Waals surface area (Å²) in [6, 6.07) is 8.91. The van der Waals surface area contributed by atoms with Gasteiger partial charge >= 0.3 is 0 Å². The van der Waals surface area contributed by atoms with Gasteiger partial charge in [-0.15, -0.1) is 0 Å². The summed E-state index contributed by atoms with van der Waals surface area (Å²) < 4.78 is 24.9. The number of pyridine rings is 1. The smallest absolute Gasteiger partial charge is 0.191 e. The minimum absolute atomic E-state index is 0.268. The number of hydrogen-bond acceptors (Lipinski definition) is 4. The van der Waals surface area contributed by atoms with Crippen molar-refractivity contribution in [1.29, 1.82) is 0 Å². The molecule has 0 amide bonds. The van der Waals surface area contributed by atoms with E-state index in [-0.39, 0.29) is 12.4 Å². The molecule has 0 aliphatic carbocycles. The molecule has 0 bridgehead atoms. The third kappa shape index (κ3) is 6.44. The van der Waals surface area contributed by atoms with Crippen LogP contribution in [0.5, 0.6) is 11.5 Å². The summed E-state index contributed by atoms with van der Waals surface area (Å²) in [7, 11) is 1.67. The molecule has 6 nitrogen and oxygen atoms in total. The van der Waals surface area contributed by atoms with Crippen molar-refractivity contribution in [2.45, 2.75) is 26.8 Å². The number of ether oxygens (including phenoxy) is 2. The van der Waals surface area contributed by atoms with E-state index in [4.69, 9.17) is 9.47 Å². The van der Waals surface area contributed by atoms with E-state index in [0.29, 0.717) is 31.4 Å². The monoisotopic (exact) mass is 374 g/mol. The van der Waals surface area contributed by atoms with Crippen LogP contribution in [0.1, 0.15) is 25.1 Å². The minimum Gasteiger partial charge on any atom is -0.490 e. The summed E-state index contributed by atoms with van der Waals surface area (Å²) in [5.41, 5.74) is 1.48. The van der Waals surface area contributed by atoms with Crippen molar-refractivity contribution in [2.75, 3.05) is 26.8 Å². The number of nitrogens with zero attached hydrogens (tertiary/aromatic N) is 2. The van der Waals surface area contributed by atoms with Gasteiger partial charge < -0.3 is 20.1 Å². The first-order valence-electron chi connectivity index (χ1n) is 9.10. The van der Waals surface area contributed by atoms with Crippen molar-refractivity contribution in [3.63, 3.8) is 0 Å². The molecular formula is C20H27FN4O2. The predicted octanol–water partition coefficient (Wildman–Crippen LogP) is 2.93. The van der Waals surface area contributed by atoms with Crippen LogP contribution in [0.25, 0.3) is 0 Å². The Hall–Kier alpha value is -2.83. The molecular weight excluding hydrogens is 347 g/mol. The normalized spacial score (nSPS) is 11.2. The van der Waals surface area contributed by atoms with Crippen molar-refractivity contribution in [2.24, 2.45) is 4.99 Å². The minimum atomic E-state index is -0.335. The molecule has 27 heavy (non-hydrogen) atoms. The molecule has 0 radical (unpaired) electrons. The van der Waals surface area contributed by atoms with Crippen LogP contribution < -0.4 is 20.1 Å². The summed E-state index contributed by atoms with van der Waals surface area (Å²) in [5.74, 6) is 1.77. The zero-order valence-corrected chi connectivity index (χ0v) is 16.1. The lowest BCUT2D eigenvalue weighted by molar-refractivity contribution is 0.287. The maximum atomic E-state index is 13.6. The van der Waals surface area contributed by atoms with E-state index < -0.39 is 0 Å². The number of rotatable bonds is 9. The maximum absolute atomic E-state index is 13.6. The number of benzene rings is 1. The number of halogens is 1. The maximum Gasteiger partial charge on any atom is 0.191 e. The first-order chi connectivity index (χ1) is 13.2. The zero-order valence-electron chi connectivity index (χ0n) is 16.1. The van der Waals surface area contributed by atoms with E-state index in [9.17, 15) is 4.39 Å².